The summed E-state index contributed by atoms with van der Waals surface area (Å²) in [6, 6.07) is 3.42. The fourth-order valence-corrected chi connectivity index (χ4v) is 2.73. The largest absolute Gasteiger partial charge is 0.386 e. The molecule has 24 heavy (non-hydrogen) atoms. The second kappa shape index (κ2) is 6.56. The number of aromatic nitrogens is 3. The van der Waals surface area contributed by atoms with Gasteiger partial charge in [0.15, 0.2) is 5.82 Å². The second-order valence-corrected chi connectivity index (χ2v) is 6.04. The first-order chi connectivity index (χ1) is 11.5. The van der Waals surface area contributed by atoms with Crippen LogP contribution in [-0.2, 0) is 17.9 Å². The zero-order valence-electron chi connectivity index (χ0n) is 13.7. The van der Waals surface area contributed by atoms with Crippen LogP contribution in [0, 0.1) is 5.82 Å². The Hall–Kier alpha value is -2.48. The summed E-state index contributed by atoms with van der Waals surface area (Å²) in [4.78, 5) is 18.8. The van der Waals surface area contributed by atoms with Crippen molar-refractivity contribution in [1.82, 2.24) is 19.7 Å². The Labute approximate surface area is 139 Å². The molecule has 0 fully saturated rings. The number of carbonyl (C=O) groups excluding carboxylic acids is 1. The van der Waals surface area contributed by atoms with Gasteiger partial charge in [0, 0.05) is 26.8 Å². The highest BCUT2D eigenvalue weighted by Crippen LogP contribution is 2.25. The molecule has 1 unspecified atom stereocenters. The van der Waals surface area contributed by atoms with E-state index < -0.39 is 6.10 Å². The number of rotatable bonds is 4. The van der Waals surface area contributed by atoms with E-state index >= 15 is 0 Å². The van der Waals surface area contributed by atoms with E-state index in [-0.39, 0.29) is 18.1 Å². The van der Waals surface area contributed by atoms with E-state index in [4.69, 9.17) is 0 Å². The smallest absolute Gasteiger partial charge is 0.225 e. The molecule has 1 aliphatic heterocycles. The Morgan fingerprint density at radius 1 is 1.46 bits per heavy atom. The normalized spacial score (nSPS) is 15.1. The van der Waals surface area contributed by atoms with Gasteiger partial charge in [0.05, 0.1) is 42.8 Å². The fraction of sp³-hybridized carbons (Fsp3) is 0.438. The first kappa shape index (κ1) is 16.4. The summed E-state index contributed by atoms with van der Waals surface area (Å²) in [6.45, 7) is 1.69. The third-order valence-electron chi connectivity index (χ3n) is 4.12. The minimum absolute atomic E-state index is 0.00779. The van der Waals surface area contributed by atoms with Crippen molar-refractivity contribution in [3.05, 3.63) is 41.7 Å². The van der Waals surface area contributed by atoms with Crippen LogP contribution in [0.15, 0.2) is 24.5 Å². The number of aliphatic hydroxyl groups is 1. The van der Waals surface area contributed by atoms with Crippen molar-refractivity contribution >= 4 is 11.6 Å². The molecule has 3 heterocycles. The number of carbonyl (C=O) groups is 1. The highest BCUT2D eigenvalue weighted by atomic mass is 19.1. The predicted octanol–water partition coefficient (Wildman–Crippen LogP) is 0.949. The van der Waals surface area contributed by atoms with E-state index in [0.29, 0.717) is 31.0 Å². The highest BCUT2D eigenvalue weighted by molar-refractivity contribution is 5.76. The molecule has 0 saturated heterocycles. The van der Waals surface area contributed by atoms with Crippen LogP contribution in [0.1, 0.15) is 23.9 Å². The van der Waals surface area contributed by atoms with Gasteiger partial charge in [-0.15, -0.1) is 0 Å². The standard InChI is InChI=1S/C16H20FN5O2/c1-20(2)16(24)8-15(23)13-7-11-10-21(5-6-22(11)19-13)14-3-4-18-9-12(14)17/h3-4,7,9,15,23H,5-6,8,10H2,1-2H3. The summed E-state index contributed by atoms with van der Waals surface area (Å²) >= 11 is 0. The molecule has 0 aliphatic carbocycles. The van der Waals surface area contributed by atoms with E-state index in [2.05, 4.69) is 10.1 Å². The maximum Gasteiger partial charge on any atom is 0.225 e. The van der Waals surface area contributed by atoms with Crippen molar-refractivity contribution in [2.75, 3.05) is 25.5 Å². The molecular weight excluding hydrogens is 313 g/mol. The number of hydrogen-bond donors (Lipinski definition) is 1. The summed E-state index contributed by atoms with van der Waals surface area (Å²) in [5.74, 6) is -0.517. The first-order valence-corrected chi connectivity index (χ1v) is 7.75. The average molecular weight is 333 g/mol. The maximum atomic E-state index is 13.9. The van der Waals surface area contributed by atoms with E-state index in [1.807, 2.05) is 4.90 Å². The molecule has 0 saturated carbocycles. The van der Waals surface area contributed by atoms with Crippen LogP contribution in [0.25, 0.3) is 0 Å². The molecule has 0 aromatic carbocycles. The minimum Gasteiger partial charge on any atom is -0.386 e. The third-order valence-corrected chi connectivity index (χ3v) is 4.12. The number of halogens is 1. The predicted molar refractivity (Wildman–Crippen MR) is 85.7 cm³/mol. The Bertz CT molecular complexity index is 746. The first-order valence-electron chi connectivity index (χ1n) is 7.75. The zero-order chi connectivity index (χ0) is 17.3. The quantitative estimate of drug-likeness (QED) is 0.902. The lowest BCUT2D eigenvalue weighted by atomic mass is 10.1. The van der Waals surface area contributed by atoms with Crippen LogP contribution in [-0.4, -0.2) is 51.3 Å². The zero-order valence-corrected chi connectivity index (χ0v) is 13.7. The number of fused-ring (bicyclic) bond motifs is 1. The van der Waals surface area contributed by atoms with Gasteiger partial charge in [-0.25, -0.2) is 4.39 Å². The number of anilines is 1. The van der Waals surface area contributed by atoms with E-state index in [0.717, 1.165) is 5.69 Å². The molecule has 1 N–H and O–H groups in total. The van der Waals surface area contributed by atoms with Crippen LogP contribution in [0.4, 0.5) is 10.1 Å². The summed E-state index contributed by atoms with van der Waals surface area (Å²) in [5, 5.41) is 14.6. The van der Waals surface area contributed by atoms with Crippen LogP contribution in [0.3, 0.4) is 0 Å². The van der Waals surface area contributed by atoms with Gasteiger partial charge in [-0.05, 0) is 12.1 Å². The van der Waals surface area contributed by atoms with Crippen molar-refractivity contribution in [3.8, 4) is 0 Å². The van der Waals surface area contributed by atoms with Gasteiger partial charge in [0.25, 0.3) is 0 Å². The van der Waals surface area contributed by atoms with Gasteiger partial charge in [-0.1, -0.05) is 0 Å². The lowest BCUT2D eigenvalue weighted by Crippen LogP contribution is -2.34. The highest BCUT2D eigenvalue weighted by Gasteiger charge is 2.24. The maximum absolute atomic E-state index is 13.9. The number of pyridine rings is 1. The summed E-state index contributed by atoms with van der Waals surface area (Å²) in [6.07, 6.45) is 1.81. The van der Waals surface area contributed by atoms with Crippen LogP contribution in [0.5, 0.6) is 0 Å². The molecule has 8 heteroatoms. The third kappa shape index (κ3) is 3.23. The van der Waals surface area contributed by atoms with E-state index in [1.54, 1.807) is 37.1 Å². The Balaban J connectivity index is 1.75. The number of aliphatic hydroxyl groups excluding tert-OH is 1. The number of hydrogen-bond acceptors (Lipinski definition) is 5. The van der Waals surface area contributed by atoms with Crippen molar-refractivity contribution in [1.29, 1.82) is 0 Å². The number of nitrogens with zero attached hydrogens (tertiary/aromatic N) is 5. The van der Waals surface area contributed by atoms with Crippen LogP contribution < -0.4 is 4.90 Å². The minimum atomic E-state index is -0.941. The SMILES string of the molecule is CN(C)C(=O)CC(O)c1cc2n(n1)CCN(c1ccncc1F)C2. The number of amides is 1. The van der Waals surface area contributed by atoms with Crippen LogP contribution >= 0.6 is 0 Å². The molecular formula is C16H20FN5O2. The molecule has 1 amide bonds. The summed E-state index contributed by atoms with van der Waals surface area (Å²) in [7, 11) is 3.29. The van der Waals surface area contributed by atoms with Crippen molar-refractivity contribution in [2.24, 2.45) is 0 Å². The summed E-state index contributed by atoms with van der Waals surface area (Å²) in [5.41, 5.74) is 1.85. The Morgan fingerprint density at radius 2 is 2.25 bits per heavy atom. The molecule has 2 aromatic heterocycles. The lowest BCUT2D eigenvalue weighted by Gasteiger charge is -2.29. The van der Waals surface area contributed by atoms with Gasteiger partial charge in [-0.2, -0.15) is 5.10 Å². The Morgan fingerprint density at radius 3 is 2.96 bits per heavy atom. The van der Waals surface area contributed by atoms with Gasteiger partial charge in [0.1, 0.15) is 6.10 Å². The second-order valence-electron chi connectivity index (χ2n) is 6.04. The molecule has 0 bridgehead atoms. The van der Waals surface area contributed by atoms with Gasteiger partial charge >= 0.3 is 0 Å². The van der Waals surface area contributed by atoms with Gasteiger partial charge in [0.2, 0.25) is 5.91 Å². The lowest BCUT2D eigenvalue weighted by molar-refractivity contribution is -0.130. The monoisotopic (exact) mass is 333 g/mol. The van der Waals surface area contributed by atoms with Crippen molar-refractivity contribution in [3.63, 3.8) is 0 Å². The topological polar surface area (TPSA) is 74.5 Å². The van der Waals surface area contributed by atoms with Crippen LogP contribution in [0.2, 0.25) is 0 Å². The fourth-order valence-electron chi connectivity index (χ4n) is 2.73. The van der Waals surface area contributed by atoms with Gasteiger partial charge < -0.3 is 14.9 Å². The molecule has 7 nitrogen and oxygen atoms in total. The van der Waals surface area contributed by atoms with E-state index in [1.165, 1.54) is 11.1 Å². The average Bonchev–Trinajstić information content (AvgIpc) is 2.98. The molecule has 128 valence electrons. The molecule has 0 spiro atoms. The molecule has 3 rings (SSSR count). The Kier molecular flexibility index (Phi) is 4.48. The molecule has 2 aromatic rings. The van der Waals surface area contributed by atoms with E-state index in [9.17, 15) is 14.3 Å². The van der Waals surface area contributed by atoms with Crippen molar-refractivity contribution in [2.45, 2.75) is 25.6 Å². The molecule has 1 atom stereocenters. The molecule has 1 aliphatic rings. The summed E-state index contributed by atoms with van der Waals surface area (Å²) < 4.78 is 15.7. The molecule has 0 radical (unpaired) electrons. The van der Waals surface area contributed by atoms with Gasteiger partial charge in [-0.3, -0.25) is 14.5 Å². The van der Waals surface area contributed by atoms with Crippen molar-refractivity contribution < 1.29 is 14.3 Å².